The van der Waals surface area contributed by atoms with E-state index in [-0.39, 0.29) is 23.4 Å². The maximum atomic E-state index is 12.5. The first-order valence-electron chi connectivity index (χ1n) is 8.21. The van der Waals surface area contributed by atoms with Crippen LogP contribution >= 0.6 is 12.2 Å². The summed E-state index contributed by atoms with van der Waals surface area (Å²) in [6.07, 6.45) is 1.67. The lowest BCUT2D eigenvalue weighted by atomic mass is 9.86. The summed E-state index contributed by atoms with van der Waals surface area (Å²) in [7, 11) is 1.61. The number of nitrogens with one attached hydrogen (secondary N) is 3. The third kappa shape index (κ3) is 6.14. The Bertz CT molecular complexity index is 622. The van der Waals surface area contributed by atoms with Gasteiger partial charge in [0.15, 0.2) is 0 Å². The highest BCUT2D eigenvalue weighted by molar-refractivity contribution is 7.80. The van der Waals surface area contributed by atoms with Gasteiger partial charge in [0.05, 0.1) is 6.42 Å². The summed E-state index contributed by atoms with van der Waals surface area (Å²) in [6.45, 7) is 5.89. The van der Waals surface area contributed by atoms with Crippen LogP contribution in [0, 0.1) is 6.92 Å². The van der Waals surface area contributed by atoms with E-state index in [9.17, 15) is 13.6 Å². The standard InChI is InChI=1S/C17H27N3O3S2/c1-5-6-13(3)19-15(21)11-17(16(24)18-4,20-25(22)23)14-9-7-12(2)8-10-14/h7-10,13,20H,5-6,11H2,1-4H3,(H,18,24)(H,19,21)(H,22,23)/p-1. The van der Waals surface area contributed by atoms with Crippen molar-refractivity contribution in [3.8, 4) is 0 Å². The molecule has 1 aromatic rings. The SMILES string of the molecule is CCCC(C)NC(=O)CC(NS(=O)[O-])(C(=S)NC)c1ccc(C)cc1. The van der Waals surface area contributed by atoms with Crippen molar-refractivity contribution in [2.24, 2.45) is 0 Å². The number of carbonyl (C=O) groups excluding carboxylic acids is 1. The molecule has 3 N–H and O–H groups in total. The third-order valence-corrected chi connectivity index (χ3v) is 5.04. The zero-order valence-electron chi connectivity index (χ0n) is 15.0. The molecule has 140 valence electrons. The van der Waals surface area contributed by atoms with Gasteiger partial charge >= 0.3 is 0 Å². The summed E-state index contributed by atoms with van der Waals surface area (Å²) in [6, 6.07) is 7.28. The second kappa shape index (κ2) is 9.96. The molecular formula is C17H26N3O3S2-. The third-order valence-electron chi connectivity index (χ3n) is 3.97. The fourth-order valence-corrected chi connectivity index (χ4v) is 3.60. The topological polar surface area (TPSA) is 93.3 Å². The molecule has 0 aliphatic heterocycles. The van der Waals surface area contributed by atoms with Crippen molar-refractivity contribution in [1.82, 2.24) is 15.4 Å². The molecule has 3 atom stereocenters. The van der Waals surface area contributed by atoms with E-state index in [4.69, 9.17) is 12.2 Å². The Labute approximate surface area is 157 Å². The van der Waals surface area contributed by atoms with Gasteiger partial charge in [-0.05, 0) is 25.8 Å². The Balaban J connectivity index is 3.24. The molecule has 3 unspecified atom stereocenters. The molecule has 0 heterocycles. The van der Waals surface area contributed by atoms with Crippen LogP contribution in [0.4, 0.5) is 0 Å². The van der Waals surface area contributed by atoms with Crippen molar-refractivity contribution in [3.05, 3.63) is 35.4 Å². The Hall–Kier alpha value is -1.35. The predicted molar refractivity (Wildman–Crippen MR) is 104 cm³/mol. The Morgan fingerprint density at radius 3 is 2.44 bits per heavy atom. The normalized spacial score (nSPS) is 15.7. The van der Waals surface area contributed by atoms with Crippen LogP contribution in [0.15, 0.2) is 24.3 Å². The van der Waals surface area contributed by atoms with Crippen LogP contribution < -0.4 is 15.4 Å². The summed E-state index contributed by atoms with van der Waals surface area (Å²) in [5, 5.41) is 5.73. The van der Waals surface area contributed by atoms with Crippen molar-refractivity contribution < 1.29 is 13.6 Å². The van der Waals surface area contributed by atoms with Crippen LogP contribution in [0.25, 0.3) is 0 Å². The van der Waals surface area contributed by atoms with Crippen LogP contribution in [-0.2, 0) is 21.6 Å². The molecule has 0 aliphatic carbocycles. The molecule has 8 heteroatoms. The van der Waals surface area contributed by atoms with Crippen LogP contribution in [0.2, 0.25) is 0 Å². The van der Waals surface area contributed by atoms with Gasteiger partial charge in [-0.3, -0.25) is 9.00 Å². The molecule has 0 saturated carbocycles. The zero-order valence-corrected chi connectivity index (χ0v) is 16.7. The van der Waals surface area contributed by atoms with Crippen LogP contribution in [0.1, 0.15) is 44.2 Å². The van der Waals surface area contributed by atoms with Crippen molar-refractivity contribution in [3.63, 3.8) is 0 Å². The minimum atomic E-state index is -2.60. The molecular weight excluding hydrogens is 358 g/mol. The summed E-state index contributed by atoms with van der Waals surface area (Å²) in [5.41, 5.74) is 0.303. The van der Waals surface area contributed by atoms with E-state index in [2.05, 4.69) is 15.4 Å². The molecule has 25 heavy (non-hydrogen) atoms. The maximum absolute atomic E-state index is 12.5. The quantitative estimate of drug-likeness (QED) is 0.446. The summed E-state index contributed by atoms with van der Waals surface area (Å²) in [4.78, 5) is 12.8. The van der Waals surface area contributed by atoms with E-state index in [1.54, 1.807) is 19.2 Å². The molecule has 1 aromatic carbocycles. The van der Waals surface area contributed by atoms with Gasteiger partial charge in [-0.25, -0.2) is 4.72 Å². The predicted octanol–water partition coefficient (Wildman–Crippen LogP) is 1.82. The average Bonchev–Trinajstić information content (AvgIpc) is 2.53. The van der Waals surface area contributed by atoms with Crippen LogP contribution in [-0.4, -0.2) is 32.7 Å². The highest BCUT2D eigenvalue weighted by atomic mass is 32.2. The minimum Gasteiger partial charge on any atom is -0.760 e. The number of hydrogen-bond acceptors (Lipinski definition) is 4. The van der Waals surface area contributed by atoms with E-state index in [0.29, 0.717) is 5.56 Å². The fourth-order valence-electron chi connectivity index (χ4n) is 2.72. The molecule has 0 spiro atoms. The van der Waals surface area contributed by atoms with Crippen molar-refractivity contribution in [2.75, 3.05) is 7.05 Å². The highest BCUT2D eigenvalue weighted by Gasteiger charge is 2.39. The Kier molecular flexibility index (Phi) is 8.64. The van der Waals surface area contributed by atoms with Crippen molar-refractivity contribution in [1.29, 1.82) is 0 Å². The van der Waals surface area contributed by atoms with Crippen molar-refractivity contribution >= 4 is 34.4 Å². The summed E-state index contributed by atoms with van der Waals surface area (Å²) >= 11 is 2.78. The van der Waals surface area contributed by atoms with Gasteiger partial charge < -0.3 is 15.2 Å². The van der Waals surface area contributed by atoms with E-state index >= 15 is 0 Å². The summed E-state index contributed by atoms with van der Waals surface area (Å²) in [5.74, 6) is -0.267. The first-order chi connectivity index (χ1) is 11.7. The smallest absolute Gasteiger partial charge is 0.222 e. The van der Waals surface area contributed by atoms with Crippen LogP contribution in [0.5, 0.6) is 0 Å². The van der Waals surface area contributed by atoms with Gasteiger partial charge in [0.2, 0.25) is 5.91 Å². The van der Waals surface area contributed by atoms with E-state index < -0.39 is 16.8 Å². The molecule has 0 bridgehead atoms. The Morgan fingerprint density at radius 2 is 1.96 bits per heavy atom. The second-order valence-electron chi connectivity index (χ2n) is 6.12. The molecule has 0 radical (unpaired) electrons. The van der Waals surface area contributed by atoms with Gasteiger partial charge in [-0.2, -0.15) is 0 Å². The van der Waals surface area contributed by atoms with Gasteiger partial charge in [0.1, 0.15) is 10.5 Å². The number of carbonyl (C=O) groups is 1. The largest absolute Gasteiger partial charge is 0.760 e. The van der Waals surface area contributed by atoms with Gasteiger partial charge in [0.25, 0.3) is 0 Å². The van der Waals surface area contributed by atoms with E-state index in [1.807, 2.05) is 32.9 Å². The number of hydrogen-bond donors (Lipinski definition) is 3. The number of rotatable bonds is 9. The molecule has 1 amide bonds. The minimum absolute atomic E-state index is 0.00845. The number of likely N-dealkylation sites (N-methyl/N-ethyl adjacent to an activating group) is 1. The average molecular weight is 385 g/mol. The van der Waals surface area contributed by atoms with Crippen molar-refractivity contribution in [2.45, 2.75) is 51.6 Å². The van der Waals surface area contributed by atoms with Crippen LogP contribution in [0.3, 0.4) is 0 Å². The molecule has 0 aromatic heterocycles. The first-order valence-corrected chi connectivity index (χ1v) is 9.69. The van der Waals surface area contributed by atoms with E-state index in [0.717, 1.165) is 18.4 Å². The number of aryl methyl sites for hydroxylation is 1. The molecule has 6 nitrogen and oxygen atoms in total. The molecule has 0 saturated heterocycles. The summed E-state index contributed by atoms with van der Waals surface area (Å²) < 4.78 is 25.4. The highest BCUT2D eigenvalue weighted by Crippen LogP contribution is 2.28. The molecule has 1 rings (SSSR count). The van der Waals surface area contributed by atoms with E-state index in [1.165, 1.54) is 0 Å². The molecule has 0 aliphatic rings. The van der Waals surface area contributed by atoms with Gasteiger partial charge in [0, 0.05) is 24.4 Å². The first kappa shape index (κ1) is 21.7. The number of thiocarbonyl (C=S) groups is 1. The lowest BCUT2D eigenvalue weighted by Crippen LogP contribution is -2.56. The van der Waals surface area contributed by atoms with Gasteiger partial charge in [-0.15, -0.1) is 0 Å². The lowest BCUT2D eigenvalue weighted by molar-refractivity contribution is -0.122. The van der Waals surface area contributed by atoms with Gasteiger partial charge in [-0.1, -0.05) is 55.4 Å². The molecule has 0 fully saturated rings. The zero-order chi connectivity index (χ0) is 19.0. The second-order valence-corrected chi connectivity index (χ2v) is 7.20. The number of benzene rings is 1. The Morgan fingerprint density at radius 1 is 1.36 bits per heavy atom. The fraction of sp³-hybridized carbons (Fsp3) is 0.529. The number of amides is 1. The maximum Gasteiger partial charge on any atom is 0.222 e. The monoisotopic (exact) mass is 384 g/mol. The lowest BCUT2D eigenvalue weighted by Gasteiger charge is -2.36.